The van der Waals surface area contributed by atoms with Gasteiger partial charge in [-0.2, -0.15) is 0 Å². The number of rotatable bonds is 4. The summed E-state index contributed by atoms with van der Waals surface area (Å²) in [4.78, 5) is 5.19. The molecule has 4 heteroatoms. The summed E-state index contributed by atoms with van der Waals surface area (Å²) in [5.74, 6) is 0. The molecule has 2 nitrogen and oxygen atoms in total. The molecule has 0 unspecified atom stereocenters. The van der Waals surface area contributed by atoms with Crippen molar-refractivity contribution in [3.8, 4) is 0 Å². The van der Waals surface area contributed by atoms with Crippen LogP contribution in [0.5, 0.6) is 0 Å². The van der Waals surface area contributed by atoms with Gasteiger partial charge in [0, 0.05) is 15.6 Å². The van der Waals surface area contributed by atoms with Gasteiger partial charge in [0.25, 0.3) is 0 Å². The van der Waals surface area contributed by atoms with Crippen LogP contribution in [-0.2, 0) is 11.4 Å². The number of nitrogens with zero attached hydrogens (tertiary/aromatic N) is 1. The van der Waals surface area contributed by atoms with E-state index in [0.717, 1.165) is 11.1 Å². The molecule has 0 N–H and O–H groups in total. The lowest BCUT2D eigenvalue weighted by molar-refractivity contribution is 0.132. The van der Waals surface area contributed by atoms with E-state index >= 15 is 0 Å². The number of benzene rings is 2. The van der Waals surface area contributed by atoms with Gasteiger partial charge in [0.1, 0.15) is 6.61 Å². The van der Waals surface area contributed by atoms with Crippen LogP contribution in [0.15, 0.2) is 53.7 Å². The average molecular weight is 280 g/mol. The minimum Gasteiger partial charge on any atom is -0.391 e. The molecular formula is C14H11Cl2NO. The van der Waals surface area contributed by atoms with E-state index in [4.69, 9.17) is 28.0 Å². The summed E-state index contributed by atoms with van der Waals surface area (Å²) in [6.45, 7) is 0.344. The molecule has 0 aromatic heterocycles. The van der Waals surface area contributed by atoms with E-state index in [1.54, 1.807) is 6.21 Å². The van der Waals surface area contributed by atoms with Gasteiger partial charge in [0.05, 0.1) is 6.21 Å². The van der Waals surface area contributed by atoms with Crippen molar-refractivity contribution < 1.29 is 4.84 Å². The molecule has 0 aliphatic rings. The zero-order valence-corrected chi connectivity index (χ0v) is 11.0. The highest BCUT2D eigenvalue weighted by Gasteiger charge is 1.97. The third-order valence-corrected chi connectivity index (χ3v) is 2.91. The van der Waals surface area contributed by atoms with E-state index in [1.807, 2.05) is 48.5 Å². The van der Waals surface area contributed by atoms with Crippen LogP contribution in [0.25, 0.3) is 0 Å². The molecule has 0 aliphatic carbocycles. The Balaban J connectivity index is 1.91. The molecule has 2 aromatic carbocycles. The lowest BCUT2D eigenvalue weighted by Crippen LogP contribution is -1.89. The first kappa shape index (κ1) is 12.9. The Labute approximate surface area is 116 Å². The van der Waals surface area contributed by atoms with Gasteiger partial charge in [-0.05, 0) is 23.8 Å². The molecule has 0 atom stereocenters. The second kappa shape index (κ2) is 6.43. The Bertz CT molecular complexity index is 555. The maximum Gasteiger partial charge on any atom is 0.143 e. The molecule has 2 aromatic rings. The molecule has 0 bridgehead atoms. The van der Waals surface area contributed by atoms with Gasteiger partial charge in [-0.25, -0.2) is 0 Å². The Hall–Kier alpha value is -1.51. The molecule has 0 amide bonds. The summed E-state index contributed by atoms with van der Waals surface area (Å²) in [6.07, 6.45) is 1.61. The van der Waals surface area contributed by atoms with Crippen LogP contribution in [0.1, 0.15) is 11.1 Å². The highest BCUT2D eigenvalue weighted by molar-refractivity contribution is 6.31. The predicted octanol–water partition coefficient (Wildman–Crippen LogP) is 4.54. The van der Waals surface area contributed by atoms with Crippen LogP contribution in [0.2, 0.25) is 10.0 Å². The fourth-order valence-electron chi connectivity index (χ4n) is 1.41. The van der Waals surface area contributed by atoms with Crippen molar-refractivity contribution in [2.24, 2.45) is 5.16 Å². The summed E-state index contributed by atoms with van der Waals surface area (Å²) in [5.41, 5.74) is 1.80. The second-order valence-corrected chi connectivity index (χ2v) is 4.50. The molecular weight excluding hydrogens is 269 g/mol. The first-order valence-electron chi connectivity index (χ1n) is 5.40. The van der Waals surface area contributed by atoms with E-state index in [0.29, 0.717) is 16.7 Å². The fraction of sp³-hybridized carbons (Fsp3) is 0.0714. The molecule has 0 saturated carbocycles. The monoisotopic (exact) mass is 279 g/mol. The first-order chi connectivity index (χ1) is 8.75. The van der Waals surface area contributed by atoms with Crippen molar-refractivity contribution in [1.82, 2.24) is 0 Å². The largest absolute Gasteiger partial charge is 0.391 e. The molecule has 92 valence electrons. The van der Waals surface area contributed by atoms with E-state index < -0.39 is 0 Å². The molecule has 0 heterocycles. The molecule has 0 radical (unpaired) electrons. The molecule has 0 aliphatic heterocycles. The number of halogens is 2. The van der Waals surface area contributed by atoms with Crippen molar-refractivity contribution in [3.05, 3.63) is 69.7 Å². The van der Waals surface area contributed by atoms with E-state index in [2.05, 4.69) is 5.16 Å². The topological polar surface area (TPSA) is 21.6 Å². The van der Waals surface area contributed by atoms with Crippen LogP contribution >= 0.6 is 23.2 Å². The molecule has 0 fully saturated rings. The van der Waals surface area contributed by atoms with Crippen molar-refractivity contribution >= 4 is 29.4 Å². The van der Waals surface area contributed by atoms with Crippen molar-refractivity contribution in [2.45, 2.75) is 6.61 Å². The summed E-state index contributed by atoms with van der Waals surface area (Å²) in [5, 5.41) is 5.22. The zero-order valence-electron chi connectivity index (χ0n) is 9.51. The minimum absolute atomic E-state index is 0.344. The van der Waals surface area contributed by atoms with Crippen LogP contribution in [0.3, 0.4) is 0 Å². The average Bonchev–Trinajstić information content (AvgIpc) is 2.37. The van der Waals surface area contributed by atoms with Crippen LogP contribution < -0.4 is 0 Å². The number of oxime groups is 1. The van der Waals surface area contributed by atoms with Gasteiger partial charge in [-0.3, -0.25) is 0 Å². The number of hydrogen-bond donors (Lipinski definition) is 0. The Morgan fingerprint density at radius 2 is 1.89 bits per heavy atom. The Morgan fingerprint density at radius 1 is 1.06 bits per heavy atom. The Kier molecular flexibility index (Phi) is 4.62. The van der Waals surface area contributed by atoms with Gasteiger partial charge in [0.2, 0.25) is 0 Å². The zero-order chi connectivity index (χ0) is 12.8. The van der Waals surface area contributed by atoms with Crippen LogP contribution in [0.4, 0.5) is 0 Å². The van der Waals surface area contributed by atoms with Crippen LogP contribution in [-0.4, -0.2) is 6.21 Å². The highest BCUT2D eigenvalue weighted by atomic mass is 35.5. The number of hydrogen-bond acceptors (Lipinski definition) is 2. The predicted molar refractivity (Wildman–Crippen MR) is 75.3 cm³/mol. The summed E-state index contributed by atoms with van der Waals surface area (Å²) in [7, 11) is 0. The van der Waals surface area contributed by atoms with Gasteiger partial charge >= 0.3 is 0 Å². The lowest BCUT2D eigenvalue weighted by atomic mass is 10.2. The summed E-state index contributed by atoms with van der Waals surface area (Å²) in [6, 6.07) is 14.9. The van der Waals surface area contributed by atoms with E-state index in [1.165, 1.54) is 0 Å². The standard InChI is InChI=1S/C14H11Cl2NO/c15-13-6-3-4-11(8-13)9-17-18-10-12-5-1-2-7-14(12)16/h1-9H,10H2. The minimum atomic E-state index is 0.344. The van der Waals surface area contributed by atoms with Gasteiger partial charge in [-0.1, -0.05) is 58.7 Å². The summed E-state index contributed by atoms with van der Waals surface area (Å²) >= 11 is 11.8. The third-order valence-electron chi connectivity index (χ3n) is 2.30. The maximum absolute atomic E-state index is 5.99. The maximum atomic E-state index is 5.99. The molecule has 0 spiro atoms. The van der Waals surface area contributed by atoms with Crippen molar-refractivity contribution in [1.29, 1.82) is 0 Å². The van der Waals surface area contributed by atoms with E-state index in [-0.39, 0.29) is 0 Å². The van der Waals surface area contributed by atoms with E-state index in [9.17, 15) is 0 Å². The molecule has 18 heavy (non-hydrogen) atoms. The van der Waals surface area contributed by atoms with Gasteiger partial charge in [0.15, 0.2) is 0 Å². The summed E-state index contributed by atoms with van der Waals surface area (Å²) < 4.78 is 0. The van der Waals surface area contributed by atoms with Gasteiger partial charge < -0.3 is 4.84 Å². The quantitative estimate of drug-likeness (QED) is 0.595. The van der Waals surface area contributed by atoms with Gasteiger partial charge in [-0.15, -0.1) is 0 Å². The lowest BCUT2D eigenvalue weighted by Gasteiger charge is -2.01. The fourth-order valence-corrected chi connectivity index (χ4v) is 1.80. The van der Waals surface area contributed by atoms with Crippen molar-refractivity contribution in [3.63, 3.8) is 0 Å². The van der Waals surface area contributed by atoms with Crippen molar-refractivity contribution in [2.75, 3.05) is 0 Å². The Morgan fingerprint density at radius 3 is 2.67 bits per heavy atom. The molecule has 2 rings (SSSR count). The molecule has 0 saturated heterocycles. The second-order valence-electron chi connectivity index (χ2n) is 3.65. The SMILES string of the molecule is Clc1cccc(C=NOCc2ccccc2Cl)c1. The normalized spacial score (nSPS) is 10.8. The smallest absolute Gasteiger partial charge is 0.143 e. The van der Waals surface area contributed by atoms with Crippen LogP contribution in [0, 0.1) is 0 Å². The third kappa shape index (κ3) is 3.76. The first-order valence-corrected chi connectivity index (χ1v) is 6.15. The highest BCUT2D eigenvalue weighted by Crippen LogP contribution is 2.15.